The highest BCUT2D eigenvalue weighted by molar-refractivity contribution is 5.69. The summed E-state index contributed by atoms with van der Waals surface area (Å²) in [5.41, 5.74) is -0.248. The van der Waals surface area contributed by atoms with E-state index in [1.165, 1.54) is 77.0 Å². The molecule has 0 rings (SSSR count). The Hall–Kier alpha value is -1.06. The first-order valence-corrected chi connectivity index (χ1v) is 16.1. The third kappa shape index (κ3) is 23.8. The zero-order valence-corrected chi connectivity index (χ0v) is 25.6. The van der Waals surface area contributed by atoms with Gasteiger partial charge in [-0.05, 0) is 56.8 Å². The second-order valence-electron chi connectivity index (χ2n) is 12.5. The van der Waals surface area contributed by atoms with Crippen molar-refractivity contribution in [2.24, 2.45) is 11.8 Å². The summed E-state index contributed by atoms with van der Waals surface area (Å²) in [7, 11) is 0. The Kier molecular flexibility index (Phi) is 23.3. The molecule has 0 heterocycles. The predicted molar refractivity (Wildman–Crippen MR) is 158 cm³/mol. The summed E-state index contributed by atoms with van der Waals surface area (Å²) in [6, 6.07) is 0. The van der Waals surface area contributed by atoms with Crippen LogP contribution in [0.1, 0.15) is 182 Å². The Morgan fingerprint density at radius 1 is 0.595 bits per heavy atom. The first-order chi connectivity index (χ1) is 17.7. The number of hydrogen-bond acceptors (Lipinski definition) is 3. The number of carboxylic acids is 1. The minimum absolute atomic E-state index is 0.0243. The Bertz CT molecular complexity index is 522. The number of rotatable bonds is 27. The summed E-state index contributed by atoms with van der Waals surface area (Å²) in [6.07, 6.45) is 24.7. The van der Waals surface area contributed by atoms with E-state index in [1.807, 2.05) is 0 Å². The predicted octanol–water partition coefficient (Wildman–Crippen LogP) is 10.7. The van der Waals surface area contributed by atoms with Crippen LogP contribution in [0.2, 0.25) is 0 Å². The van der Waals surface area contributed by atoms with E-state index in [2.05, 4.69) is 34.6 Å². The number of hydrogen-bond donors (Lipinski definition) is 1. The largest absolute Gasteiger partial charge is 0.481 e. The lowest BCUT2D eigenvalue weighted by Crippen LogP contribution is -2.35. The molecule has 37 heavy (non-hydrogen) atoms. The van der Waals surface area contributed by atoms with Crippen molar-refractivity contribution in [3.8, 4) is 0 Å². The first-order valence-electron chi connectivity index (χ1n) is 16.1. The number of ether oxygens (including phenoxy) is 1. The number of esters is 1. The molecule has 1 N–H and O–H groups in total. The van der Waals surface area contributed by atoms with Gasteiger partial charge in [-0.1, -0.05) is 125 Å². The van der Waals surface area contributed by atoms with Crippen LogP contribution >= 0.6 is 0 Å². The van der Waals surface area contributed by atoms with Crippen LogP contribution in [0.25, 0.3) is 0 Å². The summed E-state index contributed by atoms with van der Waals surface area (Å²) >= 11 is 0. The van der Waals surface area contributed by atoms with Gasteiger partial charge in [0.1, 0.15) is 5.60 Å². The van der Waals surface area contributed by atoms with Gasteiger partial charge < -0.3 is 9.84 Å². The quantitative estimate of drug-likeness (QED) is 0.0857. The maximum atomic E-state index is 12.9. The maximum Gasteiger partial charge on any atom is 0.306 e. The van der Waals surface area contributed by atoms with Crippen molar-refractivity contribution in [3.05, 3.63) is 0 Å². The smallest absolute Gasteiger partial charge is 0.306 e. The lowest BCUT2D eigenvalue weighted by molar-refractivity contribution is -0.163. The number of unbranched alkanes of at least 4 members (excludes halogenated alkanes) is 12. The zero-order chi connectivity index (χ0) is 27.8. The average molecular weight is 525 g/mol. The topological polar surface area (TPSA) is 63.6 Å². The fourth-order valence-electron chi connectivity index (χ4n) is 5.41. The van der Waals surface area contributed by atoms with Gasteiger partial charge in [-0.25, -0.2) is 0 Å². The highest BCUT2D eigenvalue weighted by Gasteiger charge is 2.32. The molecule has 0 radical (unpaired) electrons. The monoisotopic (exact) mass is 524 g/mol. The van der Waals surface area contributed by atoms with Gasteiger partial charge in [-0.3, -0.25) is 9.59 Å². The molecule has 0 amide bonds. The van der Waals surface area contributed by atoms with Crippen molar-refractivity contribution in [2.75, 3.05) is 0 Å². The molecule has 0 aromatic rings. The summed E-state index contributed by atoms with van der Waals surface area (Å²) in [6.45, 7) is 11.4. The number of carbonyl (C=O) groups is 2. The minimum Gasteiger partial charge on any atom is -0.481 e. The SMILES string of the molecule is CCCC(CCCCCC(C)C)(CCCCCC(C)C)OC(=O)CCCCCCCCCCCC(=O)O. The van der Waals surface area contributed by atoms with E-state index in [1.54, 1.807) is 0 Å². The number of carbonyl (C=O) groups excluding carboxylic acids is 1. The fourth-order valence-corrected chi connectivity index (χ4v) is 5.41. The Morgan fingerprint density at radius 2 is 1.00 bits per heavy atom. The maximum absolute atomic E-state index is 12.9. The van der Waals surface area contributed by atoms with Crippen LogP contribution in [-0.4, -0.2) is 22.6 Å². The Balaban J connectivity index is 4.42. The molecule has 0 aliphatic rings. The van der Waals surface area contributed by atoms with Gasteiger partial charge in [0.25, 0.3) is 0 Å². The van der Waals surface area contributed by atoms with Crippen molar-refractivity contribution >= 4 is 11.9 Å². The van der Waals surface area contributed by atoms with Crippen LogP contribution in [0.4, 0.5) is 0 Å². The standard InChI is InChI=1S/C33H64O4/c1-6-26-33(27-20-14-16-22-29(2)3,28-21-15-17-23-30(4)5)37-32(36)25-19-13-11-9-7-8-10-12-18-24-31(34)35/h29-30H,6-28H2,1-5H3,(H,34,35). The van der Waals surface area contributed by atoms with Crippen LogP contribution in [0.5, 0.6) is 0 Å². The molecular weight excluding hydrogens is 460 g/mol. The Morgan fingerprint density at radius 3 is 1.41 bits per heavy atom. The van der Waals surface area contributed by atoms with E-state index in [9.17, 15) is 9.59 Å². The number of carboxylic acid groups (broad SMARTS) is 1. The summed E-state index contributed by atoms with van der Waals surface area (Å²) in [5.74, 6) is 0.871. The fraction of sp³-hybridized carbons (Fsp3) is 0.939. The van der Waals surface area contributed by atoms with Gasteiger partial charge >= 0.3 is 11.9 Å². The van der Waals surface area contributed by atoms with Crippen LogP contribution < -0.4 is 0 Å². The van der Waals surface area contributed by atoms with Gasteiger partial charge in [-0.2, -0.15) is 0 Å². The highest BCUT2D eigenvalue weighted by Crippen LogP contribution is 2.33. The second kappa shape index (κ2) is 24.0. The molecule has 0 aromatic heterocycles. The first kappa shape index (κ1) is 35.9. The van der Waals surface area contributed by atoms with Crippen LogP contribution in [0.3, 0.4) is 0 Å². The Labute approximate surface area is 231 Å². The molecule has 0 unspecified atom stereocenters. The lowest BCUT2D eigenvalue weighted by atomic mass is 9.85. The molecule has 4 nitrogen and oxygen atoms in total. The molecule has 4 heteroatoms. The molecule has 0 atom stereocenters. The van der Waals surface area contributed by atoms with Crippen molar-refractivity contribution in [1.29, 1.82) is 0 Å². The lowest BCUT2D eigenvalue weighted by Gasteiger charge is -2.34. The summed E-state index contributed by atoms with van der Waals surface area (Å²) in [4.78, 5) is 23.4. The van der Waals surface area contributed by atoms with Gasteiger partial charge in [0, 0.05) is 12.8 Å². The highest BCUT2D eigenvalue weighted by atomic mass is 16.6. The normalized spacial score (nSPS) is 12.0. The van der Waals surface area contributed by atoms with Gasteiger partial charge in [0.15, 0.2) is 0 Å². The van der Waals surface area contributed by atoms with Crippen molar-refractivity contribution in [2.45, 2.75) is 188 Å². The van der Waals surface area contributed by atoms with E-state index in [0.717, 1.165) is 69.6 Å². The third-order valence-electron chi connectivity index (χ3n) is 7.64. The van der Waals surface area contributed by atoms with E-state index in [-0.39, 0.29) is 11.6 Å². The van der Waals surface area contributed by atoms with E-state index in [0.29, 0.717) is 12.8 Å². The zero-order valence-electron chi connectivity index (χ0n) is 25.6. The van der Waals surface area contributed by atoms with Crippen LogP contribution in [0.15, 0.2) is 0 Å². The van der Waals surface area contributed by atoms with Crippen molar-refractivity contribution < 1.29 is 19.4 Å². The molecule has 0 bridgehead atoms. The number of aliphatic carboxylic acids is 1. The van der Waals surface area contributed by atoms with Gasteiger partial charge in [-0.15, -0.1) is 0 Å². The van der Waals surface area contributed by atoms with Gasteiger partial charge in [0.05, 0.1) is 0 Å². The summed E-state index contributed by atoms with van der Waals surface area (Å²) in [5, 5.41) is 8.68. The van der Waals surface area contributed by atoms with Crippen molar-refractivity contribution in [3.63, 3.8) is 0 Å². The van der Waals surface area contributed by atoms with E-state index in [4.69, 9.17) is 9.84 Å². The average Bonchev–Trinajstić information content (AvgIpc) is 2.81. The van der Waals surface area contributed by atoms with Crippen LogP contribution in [0, 0.1) is 11.8 Å². The molecule has 0 saturated carbocycles. The van der Waals surface area contributed by atoms with E-state index < -0.39 is 5.97 Å². The van der Waals surface area contributed by atoms with Crippen molar-refractivity contribution in [1.82, 2.24) is 0 Å². The molecule has 0 fully saturated rings. The molecule has 0 spiro atoms. The van der Waals surface area contributed by atoms with Gasteiger partial charge in [0.2, 0.25) is 0 Å². The second-order valence-corrected chi connectivity index (χ2v) is 12.5. The summed E-state index contributed by atoms with van der Waals surface area (Å²) < 4.78 is 6.35. The molecule has 0 saturated heterocycles. The van der Waals surface area contributed by atoms with Crippen LogP contribution in [-0.2, 0) is 14.3 Å². The minimum atomic E-state index is -0.686. The molecule has 0 aromatic carbocycles. The third-order valence-corrected chi connectivity index (χ3v) is 7.64. The molecule has 0 aliphatic heterocycles. The molecular formula is C33H64O4. The van der Waals surface area contributed by atoms with E-state index >= 15 is 0 Å². The molecule has 0 aliphatic carbocycles. The molecule has 220 valence electrons.